The number of hydrogen-bond acceptors (Lipinski definition) is 6. The Morgan fingerprint density at radius 2 is 1.19 bits per heavy atom. The fraction of sp³-hybridized carbons (Fsp3) is 0.500. The lowest BCUT2D eigenvalue weighted by Gasteiger charge is -2.36. The van der Waals surface area contributed by atoms with E-state index < -0.39 is 0 Å². The van der Waals surface area contributed by atoms with Crippen molar-refractivity contribution in [1.29, 1.82) is 0 Å². The van der Waals surface area contributed by atoms with Crippen LogP contribution in [0.3, 0.4) is 0 Å². The number of ether oxygens (including phenoxy) is 2. The van der Waals surface area contributed by atoms with E-state index >= 15 is 0 Å². The smallest absolute Gasteiger partial charge is 0.0964 e. The minimum atomic E-state index is 0.488. The molecule has 2 aliphatic rings. The normalized spacial score (nSPS) is 24.6. The van der Waals surface area contributed by atoms with Crippen LogP contribution in [0.4, 0.5) is 0 Å². The molecule has 0 spiro atoms. The minimum absolute atomic E-state index is 0.488. The van der Waals surface area contributed by atoms with Crippen molar-refractivity contribution in [3.05, 3.63) is 47.8 Å². The number of pyridine rings is 2. The molecule has 1 aliphatic heterocycles. The number of rotatable bonds is 0. The molecular weight excluding hydrogens is 364 g/mol. The molecule has 0 aromatic carbocycles. The van der Waals surface area contributed by atoms with E-state index in [1.807, 2.05) is 0 Å². The summed E-state index contributed by atoms with van der Waals surface area (Å²) in [5.74, 6) is 2.82. The summed E-state index contributed by atoms with van der Waals surface area (Å²) in [6.45, 7) is 2.76. The molecule has 1 aliphatic carbocycles. The van der Waals surface area contributed by atoms with Crippen molar-refractivity contribution in [1.82, 2.24) is 9.97 Å². The van der Waals surface area contributed by atoms with E-state index in [0.717, 1.165) is 34.8 Å². The number of thioether (sulfide) groups is 2. The van der Waals surface area contributed by atoms with Gasteiger partial charge in [0.15, 0.2) is 0 Å². The third kappa shape index (κ3) is 4.60. The molecule has 138 valence electrons. The van der Waals surface area contributed by atoms with E-state index in [2.05, 4.69) is 36.4 Å². The molecule has 4 rings (SSSR count). The highest BCUT2D eigenvalue weighted by Crippen LogP contribution is 2.48. The highest BCUT2D eigenvalue weighted by Gasteiger charge is 2.35. The fourth-order valence-electron chi connectivity index (χ4n) is 3.38. The molecule has 6 heteroatoms. The summed E-state index contributed by atoms with van der Waals surface area (Å²) in [7, 11) is 0. The van der Waals surface area contributed by atoms with E-state index in [4.69, 9.17) is 19.4 Å². The monoisotopic (exact) mass is 388 g/mol. The maximum absolute atomic E-state index is 5.64. The van der Waals surface area contributed by atoms with Crippen LogP contribution < -0.4 is 0 Å². The first-order chi connectivity index (χ1) is 12.9. The van der Waals surface area contributed by atoms with Crippen molar-refractivity contribution in [2.45, 2.75) is 34.7 Å². The second-order valence-electron chi connectivity index (χ2n) is 6.51. The quantitative estimate of drug-likeness (QED) is 0.668. The van der Waals surface area contributed by atoms with Gasteiger partial charge in [0.25, 0.3) is 0 Å². The van der Waals surface area contributed by atoms with E-state index in [-0.39, 0.29) is 0 Å². The Morgan fingerprint density at radius 3 is 1.65 bits per heavy atom. The fourth-order valence-corrected chi connectivity index (χ4v) is 4.89. The highest BCUT2D eigenvalue weighted by atomic mass is 32.2. The molecule has 0 N–H and O–H groups in total. The van der Waals surface area contributed by atoms with Crippen LogP contribution in [0.2, 0.25) is 0 Å². The standard InChI is InChI=1S/C20H24N2O2S2/c1-3-17-15-7-8-16(15)18-4-2-6-20(22-18)26-14-12-24-10-9-23-11-13-25-19(5-1)21-17/h1-6,15-16H,7-14H2. The van der Waals surface area contributed by atoms with Gasteiger partial charge in [-0.05, 0) is 37.1 Å². The molecule has 2 unspecified atom stereocenters. The molecule has 0 saturated heterocycles. The van der Waals surface area contributed by atoms with Crippen LogP contribution in [-0.2, 0) is 9.47 Å². The lowest BCUT2D eigenvalue weighted by atomic mass is 9.70. The van der Waals surface area contributed by atoms with Gasteiger partial charge in [0.1, 0.15) is 0 Å². The maximum atomic E-state index is 5.64. The van der Waals surface area contributed by atoms with Gasteiger partial charge in [0, 0.05) is 34.7 Å². The molecule has 2 atom stereocenters. The van der Waals surface area contributed by atoms with Gasteiger partial charge in [-0.15, -0.1) is 23.5 Å². The second-order valence-corrected chi connectivity index (χ2v) is 8.74. The zero-order valence-electron chi connectivity index (χ0n) is 14.8. The van der Waals surface area contributed by atoms with Gasteiger partial charge in [0.2, 0.25) is 0 Å². The summed E-state index contributed by atoms with van der Waals surface area (Å²) in [4.78, 5) is 9.82. The number of aromatic nitrogens is 2. The molecule has 4 bridgehead atoms. The summed E-state index contributed by atoms with van der Waals surface area (Å²) in [5, 5.41) is 2.18. The summed E-state index contributed by atoms with van der Waals surface area (Å²) < 4.78 is 11.3. The summed E-state index contributed by atoms with van der Waals surface area (Å²) in [6, 6.07) is 12.8. The zero-order valence-corrected chi connectivity index (χ0v) is 16.4. The molecule has 0 radical (unpaired) electrons. The maximum Gasteiger partial charge on any atom is 0.0964 e. The van der Waals surface area contributed by atoms with Gasteiger partial charge in [-0.3, -0.25) is 0 Å². The Kier molecular flexibility index (Phi) is 6.49. The molecule has 26 heavy (non-hydrogen) atoms. The van der Waals surface area contributed by atoms with Crippen molar-refractivity contribution in [2.24, 2.45) is 0 Å². The van der Waals surface area contributed by atoms with Gasteiger partial charge in [-0.25, -0.2) is 9.97 Å². The predicted molar refractivity (Wildman–Crippen MR) is 106 cm³/mol. The third-order valence-electron chi connectivity index (χ3n) is 4.85. The number of nitrogens with zero attached hydrogens (tertiary/aromatic N) is 2. The molecule has 1 saturated carbocycles. The van der Waals surface area contributed by atoms with E-state index in [1.165, 1.54) is 24.2 Å². The molecule has 2 aromatic rings. The first-order valence-corrected chi connectivity index (χ1v) is 11.2. The van der Waals surface area contributed by atoms with Gasteiger partial charge in [-0.1, -0.05) is 12.1 Å². The van der Waals surface area contributed by atoms with Crippen molar-refractivity contribution in [3.63, 3.8) is 0 Å². The average Bonchev–Trinajstić information content (AvgIpc) is 2.62. The Labute approximate surface area is 163 Å². The lowest BCUT2D eigenvalue weighted by Crippen LogP contribution is -2.24. The number of fused-ring (bicyclic) bond motifs is 7. The predicted octanol–water partition coefficient (Wildman–Crippen LogP) is 4.37. The van der Waals surface area contributed by atoms with E-state index in [1.54, 1.807) is 23.5 Å². The number of hydrogen-bond donors (Lipinski definition) is 0. The van der Waals surface area contributed by atoms with Crippen LogP contribution >= 0.6 is 23.5 Å². The van der Waals surface area contributed by atoms with Gasteiger partial charge in [0.05, 0.1) is 36.5 Å². The van der Waals surface area contributed by atoms with Crippen molar-refractivity contribution >= 4 is 23.5 Å². The topological polar surface area (TPSA) is 44.2 Å². The van der Waals surface area contributed by atoms with Gasteiger partial charge >= 0.3 is 0 Å². The SMILES string of the molecule is c1cc2nc(c1)C1CCC1c1cccc(n1)SCCOCCOCCS2. The molecule has 0 amide bonds. The zero-order chi connectivity index (χ0) is 17.6. The summed E-state index contributed by atoms with van der Waals surface area (Å²) in [5.41, 5.74) is 2.42. The molecule has 2 aromatic heterocycles. The average molecular weight is 389 g/mol. The second kappa shape index (κ2) is 9.22. The largest absolute Gasteiger partial charge is 0.378 e. The highest BCUT2D eigenvalue weighted by molar-refractivity contribution is 7.99. The van der Waals surface area contributed by atoms with E-state index in [0.29, 0.717) is 25.0 Å². The molecule has 4 nitrogen and oxygen atoms in total. The van der Waals surface area contributed by atoms with Crippen LogP contribution in [0.25, 0.3) is 0 Å². The minimum Gasteiger partial charge on any atom is -0.378 e. The first kappa shape index (κ1) is 18.3. The third-order valence-corrected chi connectivity index (χ3v) is 6.64. The van der Waals surface area contributed by atoms with E-state index in [9.17, 15) is 0 Å². The molecule has 1 fully saturated rings. The Bertz CT molecular complexity index is 667. The van der Waals surface area contributed by atoms with Crippen LogP contribution in [0, 0.1) is 0 Å². The first-order valence-electron chi connectivity index (χ1n) is 9.25. The van der Waals surface area contributed by atoms with Crippen LogP contribution in [0.15, 0.2) is 46.5 Å². The van der Waals surface area contributed by atoms with Crippen LogP contribution in [-0.4, -0.2) is 47.9 Å². The van der Waals surface area contributed by atoms with Crippen LogP contribution in [0.1, 0.15) is 36.1 Å². The summed E-state index contributed by atoms with van der Waals surface area (Å²) in [6.07, 6.45) is 2.39. The van der Waals surface area contributed by atoms with Crippen molar-refractivity contribution in [2.75, 3.05) is 37.9 Å². The Hall–Kier alpha value is -1.08. The molecular formula is C20H24N2O2S2. The van der Waals surface area contributed by atoms with Gasteiger partial charge < -0.3 is 9.47 Å². The Morgan fingerprint density at radius 1 is 0.692 bits per heavy atom. The van der Waals surface area contributed by atoms with Crippen LogP contribution in [0.5, 0.6) is 0 Å². The van der Waals surface area contributed by atoms with Crippen molar-refractivity contribution in [3.8, 4) is 0 Å². The summed E-state index contributed by atoms with van der Waals surface area (Å²) >= 11 is 3.53. The lowest BCUT2D eigenvalue weighted by molar-refractivity contribution is 0.0605. The van der Waals surface area contributed by atoms with Gasteiger partial charge in [-0.2, -0.15) is 0 Å². The van der Waals surface area contributed by atoms with Crippen molar-refractivity contribution < 1.29 is 9.47 Å². The Balaban J connectivity index is 1.54. The molecule has 3 heterocycles.